The molecule has 0 radical (unpaired) electrons. The lowest BCUT2D eigenvalue weighted by Crippen LogP contribution is -2.22. The summed E-state index contributed by atoms with van der Waals surface area (Å²) in [5, 5.41) is 2.72. The van der Waals surface area contributed by atoms with E-state index in [-0.39, 0.29) is 5.91 Å². The molecule has 0 saturated carbocycles. The van der Waals surface area contributed by atoms with Crippen molar-refractivity contribution in [2.75, 3.05) is 45.8 Å². The van der Waals surface area contributed by atoms with Crippen LogP contribution in [0.2, 0.25) is 0 Å². The number of carbonyl (C=O) groups is 1. The van der Waals surface area contributed by atoms with E-state index in [4.69, 9.17) is 19.9 Å². The van der Waals surface area contributed by atoms with Crippen LogP contribution in [0.25, 0.3) is 0 Å². The Kier molecular flexibility index (Phi) is 8.23. The van der Waals surface area contributed by atoms with Crippen molar-refractivity contribution in [2.45, 2.75) is 13.3 Å². The van der Waals surface area contributed by atoms with Crippen LogP contribution in [-0.4, -0.2) is 46.0 Å². The largest absolute Gasteiger partial charge is 0.491 e. The van der Waals surface area contributed by atoms with Crippen LogP contribution < -0.4 is 15.8 Å². The number of carbonyl (C=O) groups excluding carboxylic acids is 1. The third-order valence-corrected chi connectivity index (χ3v) is 2.73. The number of anilines is 1. The topological polar surface area (TPSA) is 82.8 Å². The van der Waals surface area contributed by atoms with Crippen molar-refractivity contribution in [3.8, 4) is 5.75 Å². The van der Waals surface area contributed by atoms with Gasteiger partial charge in [-0.1, -0.05) is 0 Å². The van der Waals surface area contributed by atoms with Crippen LogP contribution in [0, 0.1) is 0 Å². The van der Waals surface area contributed by atoms with E-state index in [9.17, 15) is 4.79 Å². The van der Waals surface area contributed by atoms with Gasteiger partial charge in [-0.2, -0.15) is 0 Å². The molecule has 0 heterocycles. The van der Waals surface area contributed by atoms with E-state index in [1.807, 2.05) is 6.92 Å². The maximum atomic E-state index is 11.7. The van der Waals surface area contributed by atoms with Gasteiger partial charge in [0.05, 0.1) is 25.5 Å². The van der Waals surface area contributed by atoms with Gasteiger partial charge in [0.15, 0.2) is 0 Å². The maximum absolute atomic E-state index is 11.7. The van der Waals surface area contributed by atoms with E-state index in [2.05, 4.69) is 5.32 Å². The lowest BCUT2D eigenvalue weighted by molar-refractivity contribution is 0.0645. The van der Waals surface area contributed by atoms with E-state index in [1.54, 1.807) is 25.3 Å². The molecule has 0 saturated heterocycles. The summed E-state index contributed by atoms with van der Waals surface area (Å²) in [7, 11) is 1.64. The summed E-state index contributed by atoms with van der Waals surface area (Å²) in [5.74, 6) is 0.447. The van der Waals surface area contributed by atoms with Gasteiger partial charge in [0, 0.05) is 32.2 Å². The minimum Gasteiger partial charge on any atom is -0.491 e. The Morgan fingerprint density at radius 2 is 2.05 bits per heavy atom. The van der Waals surface area contributed by atoms with E-state index < -0.39 is 0 Å². The number of benzene rings is 1. The Labute approximate surface area is 125 Å². The second kappa shape index (κ2) is 10.0. The molecular weight excluding hydrogens is 272 g/mol. The maximum Gasteiger partial charge on any atom is 0.251 e. The predicted molar refractivity (Wildman–Crippen MR) is 81.7 cm³/mol. The molecule has 0 aliphatic heterocycles. The molecule has 0 atom stereocenters. The number of nitrogen functional groups attached to an aromatic ring is 1. The number of hydrogen-bond donors (Lipinski definition) is 2. The molecule has 0 aliphatic rings. The fourth-order valence-corrected chi connectivity index (χ4v) is 1.67. The molecule has 1 aromatic carbocycles. The third-order valence-electron chi connectivity index (χ3n) is 2.73. The lowest BCUT2D eigenvalue weighted by atomic mass is 10.2. The van der Waals surface area contributed by atoms with Crippen molar-refractivity contribution in [1.82, 2.24) is 5.32 Å². The highest BCUT2D eigenvalue weighted by Crippen LogP contribution is 2.22. The Morgan fingerprint density at radius 1 is 1.24 bits per heavy atom. The summed E-state index contributed by atoms with van der Waals surface area (Å²) < 4.78 is 15.8. The van der Waals surface area contributed by atoms with Gasteiger partial charge < -0.3 is 25.3 Å². The second-order valence-electron chi connectivity index (χ2n) is 4.42. The molecule has 0 aromatic heterocycles. The van der Waals surface area contributed by atoms with Crippen molar-refractivity contribution >= 4 is 11.6 Å². The predicted octanol–water partition coefficient (Wildman–Crippen LogP) is 1.45. The fraction of sp³-hybridized carbons (Fsp3) is 0.533. The molecule has 118 valence electrons. The van der Waals surface area contributed by atoms with Crippen molar-refractivity contribution in [2.24, 2.45) is 0 Å². The number of nitrogens with one attached hydrogen (secondary N) is 1. The molecule has 21 heavy (non-hydrogen) atoms. The SMILES string of the molecule is CCNC(=O)c1ccc(OCCCOCCOC)c(N)c1. The van der Waals surface area contributed by atoms with Gasteiger partial charge in [0.2, 0.25) is 0 Å². The molecule has 1 rings (SSSR count). The van der Waals surface area contributed by atoms with Crippen molar-refractivity contribution in [1.29, 1.82) is 0 Å². The van der Waals surface area contributed by atoms with Crippen LogP contribution in [0.5, 0.6) is 5.75 Å². The van der Waals surface area contributed by atoms with Crippen LogP contribution in [0.3, 0.4) is 0 Å². The average Bonchev–Trinajstić information content (AvgIpc) is 2.48. The molecule has 0 unspecified atom stereocenters. The molecule has 1 amide bonds. The summed E-state index contributed by atoms with van der Waals surface area (Å²) in [6, 6.07) is 5.03. The summed E-state index contributed by atoms with van der Waals surface area (Å²) in [5.41, 5.74) is 6.87. The Bertz CT molecular complexity index is 438. The number of hydrogen-bond acceptors (Lipinski definition) is 5. The average molecular weight is 296 g/mol. The minimum absolute atomic E-state index is 0.137. The molecule has 6 heteroatoms. The van der Waals surface area contributed by atoms with Crippen LogP contribution in [0.15, 0.2) is 18.2 Å². The highest BCUT2D eigenvalue weighted by Gasteiger charge is 2.07. The quantitative estimate of drug-likeness (QED) is 0.504. The van der Waals surface area contributed by atoms with E-state index in [1.165, 1.54) is 0 Å². The standard InChI is InChI=1S/C15H24N2O4/c1-3-17-15(18)12-5-6-14(13(16)11-12)21-8-4-7-20-10-9-19-2/h5-6,11H,3-4,7-10,16H2,1-2H3,(H,17,18). The first kappa shape index (κ1) is 17.3. The summed E-state index contributed by atoms with van der Waals surface area (Å²) in [4.78, 5) is 11.7. The van der Waals surface area contributed by atoms with Crippen molar-refractivity contribution < 1.29 is 19.0 Å². The van der Waals surface area contributed by atoms with Gasteiger partial charge in [-0.05, 0) is 25.1 Å². The molecule has 0 bridgehead atoms. The number of methoxy groups -OCH3 is 1. The highest BCUT2D eigenvalue weighted by molar-refractivity contribution is 5.95. The van der Waals surface area contributed by atoms with Crippen LogP contribution in [0.1, 0.15) is 23.7 Å². The number of amides is 1. The summed E-state index contributed by atoms with van der Waals surface area (Å²) in [6.07, 6.45) is 0.765. The first-order valence-electron chi connectivity index (χ1n) is 7.06. The Hall–Kier alpha value is -1.79. The van der Waals surface area contributed by atoms with E-state index in [0.29, 0.717) is 50.0 Å². The van der Waals surface area contributed by atoms with Crippen LogP contribution >= 0.6 is 0 Å². The van der Waals surface area contributed by atoms with Gasteiger partial charge in [-0.15, -0.1) is 0 Å². The summed E-state index contributed by atoms with van der Waals surface area (Å²) >= 11 is 0. The van der Waals surface area contributed by atoms with Crippen molar-refractivity contribution in [3.63, 3.8) is 0 Å². The second-order valence-corrected chi connectivity index (χ2v) is 4.42. The zero-order valence-electron chi connectivity index (χ0n) is 12.7. The Morgan fingerprint density at radius 3 is 2.71 bits per heavy atom. The third kappa shape index (κ3) is 6.46. The molecule has 0 aliphatic carbocycles. The normalized spacial score (nSPS) is 10.4. The summed E-state index contributed by atoms with van der Waals surface area (Å²) in [6.45, 7) is 4.75. The van der Waals surface area contributed by atoms with E-state index in [0.717, 1.165) is 6.42 Å². The zero-order chi connectivity index (χ0) is 15.5. The fourth-order valence-electron chi connectivity index (χ4n) is 1.67. The van der Waals surface area contributed by atoms with Crippen molar-refractivity contribution in [3.05, 3.63) is 23.8 Å². The Balaban J connectivity index is 2.34. The van der Waals surface area contributed by atoms with Gasteiger partial charge >= 0.3 is 0 Å². The van der Waals surface area contributed by atoms with Gasteiger partial charge in [-0.3, -0.25) is 4.79 Å². The monoisotopic (exact) mass is 296 g/mol. The van der Waals surface area contributed by atoms with Crippen LogP contribution in [0.4, 0.5) is 5.69 Å². The smallest absolute Gasteiger partial charge is 0.251 e. The molecule has 3 N–H and O–H groups in total. The first-order valence-corrected chi connectivity index (χ1v) is 7.06. The molecule has 0 spiro atoms. The first-order chi connectivity index (χ1) is 10.2. The highest BCUT2D eigenvalue weighted by atomic mass is 16.5. The molecule has 0 fully saturated rings. The van der Waals surface area contributed by atoms with Gasteiger partial charge in [0.1, 0.15) is 5.75 Å². The number of rotatable bonds is 10. The molecule has 6 nitrogen and oxygen atoms in total. The number of ether oxygens (including phenoxy) is 3. The molecule has 1 aromatic rings. The minimum atomic E-state index is -0.137. The number of nitrogens with two attached hydrogens (primary N) is 1. The van der Waals surface area contributed by atoms with Gasteiger partial charge in [-0.25, -0.2) is 0 Å². The van der Waals surface area contributed by atoms with Crippen LogP contribution in [-0.2, 0) is 9.47 Å². The lowest BCUT2D eigenvalue weighted by Gasteiger charge is -2.10. The van der Waals surface area contributed by atoms with E-state index >= 15 is 0 Å². The molecular formula is C15H24N2O4. The zero-order valence-corrected chi connectivity index (χ0v) is 12.7. The van der Waals surface area contributed by atoms with Gasteiger partial charge in [0.25, 0.3) is 5.91 Å².